The van der Waals surface area contributed by atoms with Crippen LogP contribution < -0.4 is 0 Å². The van der Waals surface area contributed by atoms with Crippen LogP contribution in [0.3, 0.4) is 0 Å². The fraction of sp³-hybridized carbons (Fsp3) is 0.167. The lowest BCUT2D eigenvalue weighted by molar-refractivity contribution is -0.129. The van der Waals surface area contributed by atoms with Crippen molar-refractivity contribution in [2.24, 2.45) is 0 Å². The maximum absolute atomic E-state index is 10.6. The maximum atomic E-state index is 10.6. The van der Waals surface area contributed by atoms with Gasteiger partial charge in [0, 0.05) is 5.57 Å². The summed E-state index contributed by atoms with van der Waals surface area (Å²) in [5.74, 6) is -0.946. The van der Waals surface area contributed by atoms with Crippen LogP contribution in [0.4, 0.5) is 0 Å². The largest absolute Gasteiger partial charge is 0.740 e. The van der Waals surface area contributed by atoms with Gasteiger partial charge in [0.15, 0.2) is 0 Å². The fourth-order valence-electron chi connectivity index (χ4n) is 0.378. The van der Waals surface area contributed by atoms with Crippen molar-refractivity contribution in [3.63, 3.8) is 0 Å². The van der Waals surface area contributed by atoms with E-state index in [0.717, 1.165) is 0 Å². The molecule has 0 N–H and O–H groups in total. The molecule has 5 heteroatoms. The molecule has 0 amide bonds. The highest BCUT2D eigenvalue weighted by Crippen LogP contribution is 2.01. The predicted octanol–water partition coefficient (Wildman–Crippen LogP) is 0.456. The van der Waals surface area contributed by atoms with Gasteiger partial charge >= 0.3 is 5.97 Å². The Bertz CT molecular complexity index is 209. The summed E-state index contributed by atoms with van der Waals surface area (Å²) in [6.07, 6.45) is 1.65. The molecule has 0 aromatic heterocycles. The summed E-state index contributed by atoms with van der Waals surface area (Å²) in [5, 5.41) is 0. The predicted molar refractivity (Wildman–Crippen MR) is 39.0 cm³/mol. The Morgan fingerprint density at radius 3 is 2.64 bits per heavy atom. The summed E-state index contributed by atoms with van der Waals surface area (Å²) in [4.78, 5) is 10.6. The topological polar surface area (TPSA) is 66.4 Å². The monoisotopic (exact) mass is 175 g/mol. The quantitative estimate of drug-likeness (QED) is 0.353. The lowest BCUT2D eigenvalue weighted by Gasteiger charge is -2.05. The van der Waals surface area contributed by atoms with Crippen molar-refractivity contribution in [1.82, 2.24) is 0 Å². The van der Waals surface area contributed by atoms with Gasteiger partial charge < -0.3 is 8.74 Å². The van der Waals surface area contributed by atoms with Crippen LogP contribution in [-0.4, -0.2) is 14.7 Å². The first-order valence-corrected chi connectivity index (χ1v) is 3.68. The molecule has 0 saturated carbocycles. The number of hydrogen-bond acceptors (Lipinski definition) is 4. The molecule has 0 saturated heterocycles. The number of allylic oxidation sites excluding steroid dienone is 1. The van der Waals surface area contributed by atoms with Gasteiger partial charge in [-0.15, -0.1) is 6.58 Å². The van der Waals surface area contributed by atoms with Crippen LogP contribution in [0.2, 0.25) is 0 Å². The Labute approximate surface area is 67.0 Å². The van der Waals surface area contributed by atoms with Gasteiger partial charge in [-0.2, -0.15) is 0 Å². The minimum atomic E-state index is -2.81. The molecule has 0 aliphatic carbocycles. The van der Waals surface area contributed by atoms with E-state index in [2.05, 4.69) is 17.3 Å². The summed E-state index contributed by atoms with van der Waals surface area (Å²) in [5.41, 5.74) is 0.0594. The highest BCUT2D eigenvalue weighted by molar-refractivity contribution is 7.74. The minimum Gasteiger partial charge on any atom is -0.740 e. The normalized spacial score (nSPS) is 11.7. The molecule has 11 heavy (non-hydrogen) atoms. The number of rotatable bonds is 4. The van der Waals surface area contributed by atoms with Gasteiger partial charge in [-0.05, 0) is 6.42 Å². The van der Waals surface area contributed by atoms with Crippen molar-refractivity contribution in [3.05, 3.63) is 24.8 Å². The van der Waals surface area contributed by atoms with E-state index >= 15 is 0 Å². The molecule has 0 fully saturated rings. The Kier molecular flexibility index (Phi) is 4.40. The van der Waals surface area contributed by atoms with Crippen LogP contribution in [-0.2, 0) is 20.3 Å². The summed E-state index contributed by atoms with van der Waals surface area (Å²) in [6.45, 7) is 6.62. The molecular weight excluding hydrogens is 168 g/mol. The third-order valence-corrected chi connectivity index (χ3v) is 1.11. The average molecular weight is 175 g/mol. The zero-order chi connectivity index (χ0) is 8.85. The van der Waals surface area contributed by atoms with Crippen molar-refractivity contribution >= 4 is 17.3 Å². The number of carbonyl (C=O) groups is 1. The zero-order valence-corrected chi connectivity index (χ0v) is 6.56. The van der Waals surface area contributed by atoms with E-state index < -0.39 is 17.3 Å². The van der Waals surface area contributed by atoms with Crippen molar-refractivity contribution in [3.8, 4) is 0 Å². The zero-order valence-electron chi connectivity index (χ0n) is 5.74. The summed E-state index contributed by atoms with van der Waals surface area (Å²) in [6, 6.07) is 0. The van der Waals surface area contributed by atoms with E-state index in [4.69, 9.17) is 0 Å². The van der Waals surface area contributed by atoms with E-state index in [9.17, 15) is 13.6 Å². The van der Waals surface area contributed by atoms with Crippen LogP contribution in [0.5, 0.6) is 0 Å². The van der Waals surface area contributed by atoms with E-state index in [0.29, 0.717) is 0 Å². The lowest BCUT2D eigenvalue weighted by atomic mass is 10.2. The number of hydrogen-bond donors (Lipinski definition) is 0. The first-order valence-electron chi connectivity index (χ1n) is 2.68. The lowest BCUT2D eigenvalue weighted by Crippen LogP contribution is -2.08. The van der Waals surface area contributed by atoms with Gasteiger partial charge in [0.1, 0.15) is 11.4 Å². The van der Waals surface area contributed by atoms with Crippen molar-refractivity contribution in [1.29, 1.82) is 0 Å². The number of carbonyl (C=O) groups excluding carboxylic acids is 1. The highest BCUT2D eigenvalue weighted by Gasteiger charge is 2.05. The van der Waals surface area contributed by atoms with Crippen LogP contribution in [0.15, 0.2) is 24.8 Å². The molecule has 4 nitrogen and oxygen atoms in total. The minimum absolute atomic E-state index is 0.0594. The Morgan fingerprint density at radius 1 is 1.73 bits per heavy atom. The first-order chi connectivity index (χ1) is 5.07. The molecule has 0 aromatic carbocycles. The van der Waals surface area contributed by atoms with Crippen molar-refractivity contribution in [2.45, 2.75) is 6.42 Å². The maximum Gasteiger partial charge on any atom is 0.346 e. The Hall–Kier alpha value is -0.940. The van der Waals surface area contributed by atoms with Crippen LogP contribution in [0.25, 0.3) is 0 Å². The molecule has 0 bridgehead atoms. The summed E-state index contributed by atoms with van der Waals surface area (Å²) < 4.78 is 23.4. The smallest absolute Gasteiger partial charge is 0.346 e. The van der Waals surface area contributed by atoms with Gasteiger partial charge in [-0.1, -0.05) is 12.7 Å². The molecule has 0 aliphatic rings. The molecule has 62 valence electrons. The van der Waals surface area contributed by atoms with Gasteiger partial charge in [0.2, 0.25) is 0 Å². The SMILES string of the molecule is C=CCC(=C)C(=O)OS(=O)[O-]. The third kappa shape index (κ3) is 4.46. The van der Waals surface area contributed by atoms with Gasteiger partial charge in [0.25, 0.3) is 0 Å². The molecule has 0 radical (unpaired) electrons. The van der Waals surface area contributed by atoms with E-state index in [1.54, 1.807) is 0 Å². The van der Waals surface area contributed by atoms with Crippen LogP contribution in [0.1, 0.15) is 6.42 Å². The molecule has 0 rings (SSSR count). The Balaban J connectivity index is 3.93. The molecule has 0 aromatic rings. The first kappa shape index (κ1) is 10.1. The summed E-state index contributed by atoms with van der Waals surface area (Å²) in [7, 11) is 0. The van der Waals surface area contributed by atoms with E-state index in [1.165, 1.54) is 6.08 Å². The summed E-state index contributed by atoms with van der Waals surface area (Å²) >= 11 is -2.81. The van der Waals surface area contributed by atoms with Crippen LogP contribution >= 0.6 is 0 Å². The standard InChI is InChI=1S/C6H8O4S/c1-3-4-5(2)6(7)10-11(8)9/h3H,1-2,4H2,(H,8,9)/p-1. The highest BCUT2D eigenvalue weighted by atomic mass is 32.2. The molecule has 0 aliphatic heterocycles. The second-order valence-corrected chi connectivity index (χ2v) is 2.25. The second kappa shape index (κ2) is 4.81. The molecule has 0 spiro atoms. The van der Waals surface area contributed by atoms with E-state index in [1.807, 2.05) is 0 Å². The van der Waals surface area contributed by atoms with Crippen molar-refractivity contribution < 1.29 is 17.7 Å². The van der Waals surface area contributed by atoms with Crippen molar-refractivity contribution in [2.75, 3.05) is 0 Å². The van der Waals surface area contributed by atoms with E-state index in [-0.39, 0.29) is 12.0 Å². The third-order valence-electron chi connectivity index (χ3n) is 0.823. The average Bonchev–Trinajstić information content (AvgIpc) is 1.86. The Morgan fingerprint density at radius 2 is 2.27 bits per heavy atom. The van der Waals surface area contributed by atoms with Gasteiger partial charge in [0.05, 0.1) is 0 Å². The molecule has 1 atom stereocenters. The molecular formula is C6H7O4S-. The fourth-order valence-corrected chi connectivity index (χ4v) is 0.620. The van der Waals surface area contributed by atoms with Gasteiger partial charge in [-0.3, -0.25) is 0 Å². The molecule has 0 heterocycles. The second-order valence-electron chi connectivity index (χ2n) is 1.67. The van der Waals surface area contributed by atoms with Gasteiger partial charge in [-0.25, -0.2) is 9.00 Å². The molecule has 1 unspecified atom stereocenters. The van der Waals surface area contributed by atoms with Crippen LogP contribution in [0, 0.1) is 0 Å².